The maximum atomic E-state index is 12.0. The van der Waals surface area contributed by atoms with E-state index in [-0.39, 0.29) is 11.8 Å². The van der Waals surface area contributed by atoms with Crippen LogP contribution in [0.3, 0.4) is 0 Å². The fraction of sp³-hybridized carbons (Fsp3) is 0.500. The first-order valence-corrected chi connectivity index (χ1v) is 6.30. The molecule has 0 saturated carbocycles. The molecule has 2 rings (SSSR count). The molecule has 2 N–H and O–H groups in total. The van der Waals surface area contributed by atoms with Crippen molar-refractivity contribution in [1.29, 1.82) is 0 Å². The normalized spacial score (nSPS) is 17.4. The van der Waals surface area contributed by atoms with E-state index < -0.39 is 7.05 Å². The molecule has 1 amide bonds. The average molecular weight is 247 g/mol. The van der Waals surface area contributed by atoms with Crippen molar-refractivity contribution in [1.82, 2.24) is 9.79 Å². The molecule has 0 unspecified atom stereocenters. The summed E-state index contributed by atoms with van der Waals surface area (Å²) in [5.41, 5.74) is 0.785. The summed E-state index contributed by atoms with van der Waals surface area (Å²) < 4.78 is 0. The third-order valence-corrected chi connectivity index (χ3v) is 3.38. The summed E-state index contributed by atoms with van der Waals surface area (Å²) >= 11 is 0. The van der Waals surface area contributed by atoms with Crippen molar-refractivity contribution in [3.63, 3.8) is 0 Å². The Hall–Kier alpha value is -1.40. The Balaban J connectivity index is 1.85. The summed E-state index contributed by atoms with van der Waals surface area (Å²) in [6.07, 6.45) is 4.90. The second kappa shape index (κ2) is 5.97. The third-order valence-electron chi connectivity index (χ3n) is 3.38. The smallest absolute Gasteiger partial charge is 0.376 e. The van der Waals surface area contributed by atoms with E-state index in [2.05, 4.69) is 10.3 Å². The van der Waals surface area contributed by atoms with E-state index >= 15 is 0 Å². The Labute approximate surface area is 107 Å². The fourth-order valence-electron chi connectivity index (χ4n) is 2.21. The Morgan fingerprint density at radius 1 is 1.44 bits per heavy atom. The Kier molecular flexibility index (Phi) is 4.33. The van der Waals surface area contributed by atoms with Crippen LogP contribution in [-0.2, 0) is 4.79 Å². The number of amides is 1. The molecule has 1 aromatic heterocycles. The quantitative estimate of drug-likeness (QED) is 0.777. The van der Waals surface area contributed by atoms with Gasteiger partial charge in [-0.1, -0.05) is 0 Å². The van der Waals surface area contributed by atoms with Crippen LogP contribution in [0.2, 0.25) is 6.82 Å². The lowest BCUT2D eigenvalue weighted by molar-refractivity contribution is -0.121. The molecule has 18 heavy (non-hydrogen) atoms. The van der Waals surface area contributed by atoms with E-state index in [4.69, 9.17) is 0 Å². The first-order valence-electron chi connectivity index (χ1n) is 6.30. The first kappa shape index (κ1) is 13.0. The van der Waals surface area contributed by atoms with Crippen molar-refractivity contribution < 1.29 is 9.82 Å². The van der Waals surface area contributed by atoms with Gasteiger partial charge >= 0.3 is 7.05 Å². The van der Waals surface area contributed by atoms with E-state index in [1.807, 2.05) is 4.81 Å². The van der Waals surface area contributed by atoms with Crippen LogP contribution in [0.4, 0.5) is 5.69 Å². The minimum atomic E-state index is -0.422. The number of carbonyl (C=O) groups excluding carboxylic acids is 1. The van der Waals surface area contributed by atoms with Gasteiger partial charge in [-0.3, -0.25) is 9.78 Å². The molecular formula is C12H18BN3O2. The molecule has 0 spiro atoms. The maximum absolute atomic E-state index is 12.0. The Bertz CT molecular complexity index is 392. The molecule has 0 atom stereocenters. The van der Waals surface area contributed by atoms with Gasteiger partial charge in [0.05, 0.1) is 0 Å². The van der Waals surface area contributed by atoms with Crippen LogP contribution in [0, 0.1) is 5.92 Å². The van der Waals surface area contributed by atoms with Crippen molar-refractivity contribution in [3.8, 4) is 0 Å². The van der Waals surface area contributed by atoms with Crippen LogP contribution >= 0.6 is 0 Å². The minimum Gasteiger partial charge on any atom is -0.437 e. The van der Waals surface area contributed by atoms with Gasteiger partial charge in [0.2, 0.25) is 5.91 Å². The molecule has 1 aliphatic heterocycles. The van der Waals surface area contributed by atoms with Crippen molar-refractivity contribution in [3.05, 3.63) is 24.5 Å². The molecule has 0 radical (unpaired) electrons. The van der Waals surface area contributed by atoms with Crippen LogP contribution in [-0.4, -0.2) is 40.9 Å². The summed E-state index contributed by atoms with van der Waals surface area (Å²) in [7, 11) is -0.422. The fourth-order valence-corrected chi connectivity index (χ4v) is 2.21. The zero-order valence-electron chi connectivity index (χ0n) is 10.5. The lowest BCUT2D eigenvalue weighted by Crippen LogP contribution is -2.45. The third kappa shape index (κ3) is 3.30. The van der Waals surface area contributed by atoms with E-state index in [0.717, 1.165) is 31.6 Å². The standard InChI is InChI=1S/C12H18BN3O2/c1-13(18)16-8-4-10(5-9-16)12(17)15-11-2-6-14-7-3-11/h2-3,6-7,10,18H,4-5,8-9H2,1H3,(H,14,15,17). The Morgan fingerprint density at radius 2 is 2.06 bits per heavy atom. The van der Waals surface area contributed by atoms with Gasteiger partial charge in [-0.25, -0.2) is 0 Å². The zero-order chi connectivity index (χ0) is 13.0. The molecule has 6 heteroatoms. The van der Waals surface area contributed by atoms with Crippen molar-refractivity contribution in [2.45, 2.75) is 19.7 Å². The molecular weight excluding hydrogens is 229 g/mol. The van der Waals surface area contributed by atoms with Gasteiger partial charge in [0, 0.05) is 24.0 Å². The predicted octanol–water partition coefficient (Wildman–Crippen LogP) is 0.842. The highest BCUT2D eigenvalue weighted by atomic mass is 16.2. The number of carbonyl (C=O) groups is 1. The molecule has 96 valence electrons. The van der Waals surface area contributed by atoms with Gasteiger partial charge in [-0.15, -0.1) is 0 Å². The molecule has 1 aromatic rings. The molecule has 1 saturated heterocycles. The van der Waals surface area contributed by atoms with Crippen molar-refractivity contribution in [2.75, 3.05) is 18.4 Å². The highest BCUT2D eigenvalue weighted by Crippen LogP contribution is 2.19. The van der Waals surface area contributed by atoms with Crippen LogP contribution in [0.25, 0.3) is 0 Å². The number of pyridine rings is 1. The van der Waals surface area contributed by atoms with Crippen LogP contribution < -0.4 is 5.32 Å². The van der Waals surface area contributed by atoms with Crippen LogP contribution in [0.15, 0.2) is 24.5 Å². The van der Waals surface area contributed by atoms with E-state index in [9.17, 15) is 9.82 Å². The Morgan fingerprint density at radius 3 is 2.61 bits per heavy atom. The zero-order valence-corrected chi connectivity index (χ0v) is 10.5. The van der Waals surface area contributed by atoms with E-state index in [1.54, 1.807) is 31.3 Å². The number of piperidine rings is 1. The van der Waals surface area contributed by atoms with Crippen molar-refractivity contribution >= 4 is 18.6 Å². The molecule has 5 nitrogen and oxygen atoms in total. The number of nitrogens with one attached hydrogen (secondary N) is 1. The molecule has 1 aliphatic rings. The number of nitrogens with zero attached hydrogens (tertiary/aromatic N) is 2. The average Bonchev–Trinajstić information content (AvgIpc) is 2.40. The highest BCUT2D eigenvalue weighted by Gasteiger charge is 2.27. The topological polar surface area (TPSA) is 65.5 Å². The van der Waals surface area contributed by atoms with Gasteiger partial charge in [-0.2, -0.15) is 0 Å². The lowest BCUT2D eigenvalue weighted by Gasteiger charge is -2.31. The van der Waals surface area contributed by atoms with Gasteiger partial charge < -0.3 is 15.2 Å². The monoisotopic (exact) mass is 247 g/mol. The van der Waals surface area contributed by atoms with Gasteiger partial charge in [0.15, 0.2) is 0 Å². The molecule has 0 aromatic carbocycles. The first-order chi connectivity index (χ1) is 8.66. The van der Waals surface area contributed by atoms with E-state index in [0.29, 0.717) is 0 Å². The molecule has 1 fully saturated rings. The number of anilines is 1. The summed E-state index contributed by atoms with van der Waals surface area (Å²) in [5, 5.41) is 12.4. The van der Waals surface area contributed by atoms with Crippen molar-refractivity contribution in [2.24, 2.45) is 5.92 Å². The summed E-state index contributed by atoms with van der Waals surface area (Å²) in [6.45, 7) is 3.30. The van der Waals surface area contributed by atoms with Crippen LogP contribution in [0.5, 0.6) is 0 Å². The SMILES string of the molecule is CB(O)N1CCC(C(=O)Nc2ccncc2)CC1. The van der Waals surface area contributed by atoms with Crippen LogP contribution in [0.1, 0.15) is 12.8 Å². The van der Waals surface area contributed by atoms with Gasteiger partial charge in [0.1, 0.15) is 0 Å². The second-order valence-electron chi connectivity index (χ2n) is 4.67. The highest BCUT2D eigenvalue weighted by molar-refractivity contribution is 6.45. The van der Waals surface area contributed by atoms with Gasteiger partial charge in [-0.05, 0) is 44.9 Å². The molecule has 0 bridgehead atoms. The second-order valence-corrected chi connectivity index (χ2v) is 4.67. The predicted molar refractivity (Wildman–Crippen MR) is 71.0 cm³/mol. The largest absolute Gasteiger partial charge is 0.437 e. The van der Waals surface area contributed by atoms with E-state index in [1.165, 1.54) is 0 Å². The minimum absolute atomic E-state index is 0.0353. The van der Waals surface area contributed by atoms with Gasteiger partial charge in [0.25, 0.3) is 0 Å². The number of aromatic nitrogens is 1. The lowest BCUT2D eigenvalue weighted by atomic mass is 9.81. The molecule has 2 heterocycles. The summed E-state index contributed by atoms with van der Waals surface area (Å²) in [5.74, 6) is 0.0969. The summed E-state index contributed by atoms with van der Waals surface area (Å²) in [6, 6.07) is 3.56. The summed E-state index contributed by atoms with van der Waals surface area (Å²) in [4.78, 5) is 17.9. The number of hydrogen-bond acceptors (Lipinski definition) is 4. The maximum Gasteiger partial charge on any atom is 0.376 e. The number of hydrogen-bond donors (Lipinski definition) is 2. The number of rotatable bonds is 3. The molecule has 0 aliphatic carbocycles.